The molecule has 3 rings (SSSR count). The molecule has 0 radical (unpaired) electrons. The molecule has 0 bridgehead atoms. The number of carbonyl (C=O) groups is 1. The van der Waals surface area contributed by atoms with Crippen molar-refractivity contribution in [3.63, 3.8) is 0 Å². The van der Waals surface area contributed by atoms with Crippen molar-refractivity contribution in [3.05, 3.63) is 52.7 Å². The smallest absolute Gasteiger partial charge is 0.340 e. The highest BCUT2D eigenvalue weighted by Crippen LogP contribution is 2.25. The first-order valence-corrected chi connectivity index (χ1v) is 8.46. The fraction of sp³-hybridized carbons (Fsp3) is 0.333. The van der Waals surface area contributed by atoms with Gasteiger partial charge in [-0.25, -0.2) is 9.78 Å². The van der Waals surface area contributed by atoms with Gasteiger partial charge in [-0.2, -0.15) is 0 Å². The first-order chi connectivity index (χ1) is 12.2. The molecule has 0 spiro atoms. The summed E-state index contributed by atoms with van der Waals surface area (Å²) in [5.74, 6) is 1.02. The molecule has 1 fully saturated rings. The van der Waals surface area contributed by atoms with Gasteiger partial charge in [-0.3, -0.25) is 0 Å². The van der Waals surface area contributed by atoms with Gasteiger partial charge in [0.1, 0.15) is 18.2 Å². The Kier molecular flexibility index (Phi) is 5.73. The number of anilines is 1. The lowest BCUT2D eigenvalue weighted by atomic mass is 10.2. The number of nitrogens with one attached hydrogen (secondary N) is 1. The van der Waals surface area contributed by atoms with Gasteiger partial charge in [0.2, 0.25) is 0 Å². The van der Waals surface area contributed by atoms with Crippen molar-refractivity contribution in [1.29, 1.82) is 0 Å². The van der Waals surface area contributed by atoms with Crippen LogP contribution in [-0.2, 0) is 11.3 Å². The van der Waals surface area contributed by atoms with E-state index < -0.39 is 5.97 Å². The highest BCUT2D eigenvalue weighted by Gasteiger charge is 2.17. The predicted molar refractivity (Wildman–Crippen MR) is 96.4 cm³/mol. The number of benzene rings is 1. The van der Waals surface area contributed by atoms with E-state index in [0.29, 0.717) is 16.4 Å². The maximum Gasteiger partial charge on any atom is 0.340 e. The Bertz CT molecular complexity index is 731. The van der Waals surface area contributed by atoms with Crippen LogP contribution in [0.5, 0.6) is 5.75 Å². The largest absolute Gasteiger partial charge is 0.497 e. The number of hydrogen-bond donors (Lipinski definition) is 1. The van der Waals surface area contributed by atoms with E-state index in [9.17, 15) is 4.79 Å². The van der Waals surface area contributed by atoms with Crippen molar-refractivity contribution in [1.82, 2.24) is 10.3 Å². The van der Waals surface area contributed by atoms with Crippen molar-refractivity contribution in [3.8, 4) is 5.75 Å². The summed E-state index contributed by atoms with van der Waals surface area (Å²) < 4.78 is 10.4. The topological polar surface area (TPSA) is 63.7 Å². The summed E-state index contributed by atoms with van der Waals surface area (Å²) >= 11 is 6.31. The summed E-state index contributed by atoms with van der Waals surface area (Å²) in [5.41, 5.74) is 1.23. The number of nitrogens with zero attached hydrogens (tertiary/aromatic N) is 2. The summed E-state index contributed by atoms with van der Waals surface area (Å²) in [6.45, 7) is 3.65. The lowest BCUT2D eigenvalue weighted by Gasteiger charge is -2.29. The van der Waals surface area contributed by atoms with E-state index in [2.05, 4.69) is 15.2 Å². The Balaban J connectivity index is 1.62. The highest BCUT2D eigenvalue weighted by molar-refractivity contribution is 6.33. The molecule has 6 nitrogen and oxygen atoms in total. The van der Waals surface area contributed by atoms with E-state index in [1.165, 1.54) is 6.20 Å². The van der Waals surface area contributed by atoms with Crippen LogP contribution in [0.15, 0.2) is 36.5 Å². The van der Waals surface area contributed by atoms with Gasteiger partial charge in [0, 0.05) is 32.4 Å². The molecular formula is C18H20ClN3O3. The Morgan fingerprint density at radius 1 is 1.28 bits per heavy atom. The lowest BCUT2D eigenvalue weighted by Crippen LogP contribution is -2.44. The fourth-order valence-corrected chi connectivity index (χ4v) is 2.89. The normalized spacial score (nSPS) is 14.2. The van der Waals surface area contributed by atoms with E-state index >= 15 is 0 Å². The van der Waals surface area contributed by atoms with E-state index in [1.807, 2.05) is 24.3 Å². The van der Waals surface area contributed by atoms with Gasteiger partial charge in [-0.05, 0) is 23.8 Å². The predicted octanol–water partition coefficient (Wildman–Crippen LogP) is 2.51. The molecule has 1 N–H and O–H groups in total. The molecule has 1 aliphatic heterocycles. The SMILES string of the molecule is COc1ccc(COC(=O)c2cnc(N3CCNCC3)c(Cl)c2)cc1. The molecule has 7 heteroatoms. The van der Waals surface area contributed by atoms with Crippen molar-refractivity contribution in [2.75, 3.05) is 38.2 Å². The average molecular weight is 362 g/mol. The maximum atomic E-state index is 12.2. The standard InChI is InChI=1S/C18H20ClN3O3/c1-24-15-4-2-13(3-5-15)12-25-18(23)14-10-16(19)17(21-11-14)22-8-6-20-7-9-22/h2-5,10-11,20H,6-9,12H2,1H3. The molecule has 0 unspecified atom stereocenters. The molecule has 1 aromatic carbocycles. The molecule has 0 aliphatic carbocycles. The number of aromatic nitrogens is 1. The number of carbonyl (C=O) groups excluding carboxylic acids is 1. The molecule has 2 aromatic rings. The Labute approximate surface area is 151 Å². The summed E-state index contributed by atoms with van der Waals surface area (Å²) in [7, 11) is 1.61. The number of rotatable bonds is 5. The van der Waals surface area contributed by atoms with E-state index in [-0.39, 0.29) is 6.61 Å². The maximum absolute atomic E-state index is 12.2. The monoisotopic (exact) mass is 361 g/mol. The van der Waals surface area contributed by atoms with Crippen LogP contribution in [0.1, 0.15) is 15.9 Å². The van der Waals surface area contributed by atoms with E-state index in [1.54, 1.807) is 13.2 Å². The minimum Gasteiger partial charge on any atom is -0.497 e. The van der Waals surface area contributed by atoms with Crippen molar-refractivity contribution < 1.29 is 14.3 Å². The summed E-state index contributed by atoms with van der Waals surface area (Å²) in [5, 5.41) is 3.74. The van der Waals surface area contributed by atoms with Gasteiger partial charge in [-0.15, -0.1) is 0 Å². The second kappa shape index (κ2) is 8.18. The van der Waals surface area contributed by atoms with Crippen LogP contribution < -0.4 is 15.0 Å². The minimum atomic E-state index is -0.447. The number of halogens is 1. The van der Waals surface area contributed by atoms with E-state index in [4.69, 9.17) is 21.1 Å². The summed E-state index contributed by atoms with van der Waals surface area (Å²) in [6, 6.07) is 8.96. The Hall–Kier alpha value is -2.31. The Morgan fingerprint density at radius 2 is 2.00 bits per heavy atom. The highest BCUT2D eigenvalue weighted by atomic mass is 35.5. The number of piperazine rings is 1. The number of hydrogen-bond acceptors (Lipinski definition) is 6. The van der Waals surface area contributed by atoms with Gasteiger partial charge in [0.15, 0.2) is 0 Å². The van der Waals surface area contributed by atoms with Gasteiger partial charge in [0.05, 0.1) is 17.7 Å². The van der Waals surface area contributed by atoms with Gasteiger partial charge >= 0.3 is 5.97 Å². The number of ether oxygens (including phenoxy) is 2. The summed E-state index contributed by atoms with van der Waals surface area (Å²) in [4.78, 5) is 18.7. The van der Waals surface area contributed by atoms with Gasteiger partial charge in [-0.1, -0.05) is 23.7 Å². The fourth-order valence-electron chi connectivity index (χ4n) is 2.61. The average Bonchev–Trinajstić information content (AvgIpc) is 2.67. The molecule has 132 valence electrons. The van der Waals surface area contributed by atoms with Crippen molar-refractivity contribution >= 4 is 23.4 Å². The van der Waals surface area contributed by atoms with Crippen LogP contribution in [0.3, 0.4) is 0 Å². The molecule has 0 atom stereocenters. The Morgan fingerprint density at radius 3 is 2.64 bits per heavy atom. The third-order valence-electron chi connectivity index (χ3n) is 4.00. The minimum absolute atomic E-state index is 0.181. The molecule has 2 heterocycles. The molecule has 1 aromatic heterocycles. The van der Waals surface area contributed by atoms with Crippen LogP contribution in [0.25, 0.3) is 0 Å². The van der Waals surface area contributed by atoms with Crippen LogP contribution >= 0.6 is 11.6 Å². The first kappa shape index (κ1) is 17.5. The third-order valence-corrected chi connectivity index (χ3v) is 4.28. The molecule has 1 aliphatic rings. The molecule has 0 saturated carbocycles. The molecule has 1 saturated heterocycles. The van der Waals surface area contributed by atoms with Gasteiger partial charge in [0.25, 0.3) is 0 Å². The van der Waals surface area contributed by atoms with Crippen LogP contribution in [0.2, 0.25) is 5.02 Å². The van der Waals surface area contributed by atoms with E-state index in [0.717, 1.165) is 37.5 Å². The zero-order valence-electron chi connectivity index (χ0n) is 14.0. The molecular weight excluding hydrogens is 342 g/mol. The van der Waals surface area contributed by atoms with Crippen LogP contribution in [0.4, 0.5) is 5.82 Å². The van der Waals surface area contributed by atoms with Crippen LogP contribution in [-0.4, -0.2) is 44.2 Å². The second-order valence-corrected chi connectivity index (χ2v) is 6.10. The number of methoxy groups -OCH3 is 1. The number of esters is 1. The zero-order chi connectivity index (χ0) is 17.6. The summed E-state index contributed by atoms with van der Waals surface area (Å²) in [6.07, 6.45) is 1.51. The first-order valence-electron chi connectivity index (χ1n) is 8.08. The van der Waals surface area contributed by atoms with Crippen molar-refractivity contribution in [2.24, 2.45) is 0 Å². The van der Waals surface area contributed by atoms with Crippen LogP contribution in [0, 0.1) is 0 Å². The quantitative estimate of drug-likeness (QED) is 0.826. The molecule has 25 heavy (non-hydrogen) atoms. The molecule has 0 amide bonds. The lowest BCUT2D eigenvalue weighted by molar-refractivity contribution is 0.0472. The van der Waals surface area contributed by atoms with Gasteiger partial charge < -0.3 is 19.7 Å². The third kappa shape index (κ3) is 4.41. The van der Waals surface area contributed by atoms with Crippen molar-refractivity contribution in [2.45, 2.75) is 6.61 Å². The number of pyridine rings is 1. The zero-order valence-corrected chi connectivity index (χ0v) is 14.8. The second-order valence-electron chi connectivity index (χ2n) is 5.69.